The van der Waals surface area contributed by atoms with Gasteiger partial charge in [-0.25, -0.2) is 0 Å². The highest BCUT2D eigenvalue weighted by Gasteiger charge is 2.30. The average Bonchev–Trinajstić information content (AvgIpc) is 2.78. The fourth-order valence-corrected chi connectivity index (χ4v) is 3.18. The minimum atomic E-state index is -0.229. The van der Waals surface area contributed by atoms with Gasteiger partial charge in [-0.15, -0.1) is 11.3 Å². The van der Waals surface area contributed by atoms with Crippen molar-refractivity contribution >= 4 is 21.4 Å². The number of benzene rings is 1. The lowest BCUT2D eigenvalue weighted by Gasteiger charge is -2.33. The van der Waals surface area contributed by atoms with Gasteiger partial charge in [0.2, 0.25) is 0 Å². The number of hydrogen-bond acceptors (Lipinski definition) is 3. The highest BCUT2D eigenvalue weighted by atomic mass is 32.1. The smallest absolute Gasteiger partial charge is 0.0817 e. The number of fused-ring (bicyclic) bond motifs is 1. The molecule has 1 atom stereocenters. The van der Waals surface area contributed by atoms with Crippen molar-refractivity contribution in [2.24, 2.45) is 0 Å². The number of rotatable bonds is 4. The average molecular weight is 249 g/mol. The molecule has 0 spiro atoms. The minimum Gasteiger partial charge on any atom is -0.377 e. The van der Waals surface area contributed by atoms with E-state index in [1.165, 1.54) is 15.6 Å². The first-order chi connectivity index (χ1) is 8.10. The molecular weight excluding hydrogens is 230 g/mol. The summed E-state index contributed by atoms with van der Waals surface area (Å²) in [5.74, 6) is 0. The van der Waals surface area contributed by atoms with Crippen LogP contribution in [0.15, 0.2) is 29.6 Å². The summed E-state index contributed by atoms with van der Waals surface area (Å²) in [6, 6.07) is 8.80. The molecule has 3 heteroatoms. The molecule has 0 amide bonds. The Morgan fingerprint density at radius 1 is 1.29 bits per heavy atom. The van der Waals surface area contributed by atoms with E-state index in [4.69, 9.17) is 4.74 Å². The number of thiophene rings is 1. The molecule has 0 bridgehead atoms. The summed E-state index contributed by atoms with van der Waals surface area (Å²) < 4.78 is 6.96. The van der Waals surface area contributed by atoms with Gasteiger partial charge in [0, 0.05) is 11.8 Å². The summed E-state index contributed by atoms with van der Waals surface area (Å²) in [6.45, 7) is 4.22. The predicted octanol–water partition coefficient (Wildman–Crippen LogP) is 3.59. The predicted molar refractivity (Wildman–Crippen MR) is 74.7 cm³/mol. The summed E-state index contributed by atoms with van der Waals surface area (Å²) in [5.41, 5.74) is 1.08. The van der Waals surface area contributed by atoms with Crippen LogP contribution in [-0.2, 0) is 4.74 Å². The lowest BCUT2D eigenvalue weighted by Crippen LogP contribution is -2.39. The van der Waals surface area contributed by atoms with Gasteiger partial charge < -0.3 is 10.1 Å². The van der Waals surface area contributed by atoms with Crippen LogP contribution >= 0.6 is 11.3 Å². The first kappa shape index (κ1) is 12.6. The van der Waals surface area contributed by atoms with Crippen LogP contribution in [0.25, 0.3) is 10.1 Å². The minimum absolute atomic E-state index is 0.190. The van der Waals surface area contributed by atoms with Crippen molar-refractivity contribution in [3.8, 4) is 0 Å². The molecule has 2 rings (SSSR count). The monoisotopic (exact) mass is 249 g/mol. The second-order valence-electron chi connectivity index (χ2n) is 4.72. The zero-order valence-corrected chi connectivity index (χ0v) is 11.6. The van der Waals surface area contributed by atoms with Gasteiger partial charge in [-0.2, -0.15) is 0 Å². The molecule has 17 heavy (non-hydrogen) atoms. The molecule has 0 aliphatic heterocycles. The SMILES string of the molecule is CNC(c1cccc2ccsc12)C(C)(C)OC. The van der Waals surface area contributed by atoms with Gasteiger partial charge in [0.05, 0.1) is 11.6 Å². The van der Waals surface area contributed by atoms with Crippen LogP contribution in [0, 0.1) is 0 Å². The molecule has 1 unspecified atom stereocenters. The Bertz CT molecular complexity index is 504. The lowest BCUT2D eigenvalue weighted by molar-refractivity contribution is -0.00855. The van der Waals surface area contributed by atoms with Crippen molar-refractivity contribution in [2.75, 3.05) is 14.2 Å². The van der Waals surface area contributed by atoms with Gasteiger partial charge in [-0.1, -0.05) is 18.2 Å². The van der Waals surface area contributed by atoms with Gasteiger partial charge in [0.25, 0.3) is 0 Å². The van der Waals surface area contributed by atoms with E-state index >= 15 is 0 Å². The normalized spacial score (nSPS) is 14.1. The lowest BCUT2D eigenvalue weighted by atomic mass is 9.91. The molecule has 0 fully saturated rings. The van der Waals surface area contributed by atoms with Crippen molar-refractivity contribution in [1.82, 2.24) is 5.32 Å². The molecule has 1 aromatic heterocycles. The number of methoxy groups -OCH3 is 1. The van der Waals surface area contributed by atoms with E-state index in [1.54, 1.807) is 18.4 Å². The zero-order chi connectivity index (χ0) is 12.5. The fraction of sp³-hybridized carbons (Fsp3) is 0.429. The first-order valence-electron chi connectivity index (χ1n) is 5.78. The van der Waals surface area contributed by atoms with Crippen LogP contribution in [0.4, 0.5) is 0 Å². The molecular formula is C14H19NOS. The Balaban J connectivity index is 2.54. The number of nitrogens with one attached hydrogen (secondary N) is 1. The molecule has 0 saturated carbocycles. The summed E-state index contributed by atoms with van der Waals surface area (Å²) in [6.07, 6.45) is 0. The third kappa shape index (κ3) is 2.23. The standard InChI is InChI=1S/C14H19NOS/c1-14(2,16-4)13(15-3)11-7-5-6-10-8-9-17-12(10)11/h5-9,13,15H,1-4H3. The van der Waals surface area contributed by atoms with Crippen LogP contribution in [0.5, 0.6) is 0 Å². The maximum absolute atomic E-state index is 5.61. The Labute approximate surface area is 107 Å². The van der Waals surface area contributed by atoms with Crippen molar-refractivity contribution in [1.29, 1.82) is 0 Å². The third-order valence-corrected chi connectivity index (χ3v) is 4.31. The Morgan fingerprint density at radius 2 is 2.06 bits per heavy atom. The topological polar surface area (TPSA) is 21.3 Å². The maximum Gasteiger partial charge on any atom is 0.0817 e. The summed E-state index contributed by atoms with van der Waals surface area (Å²) in [4.78, 5) is 0. The number of ether oxygens (including phenoxy) is 1. The van der Waals surface area contributed by atoms with Crippen LogP contribution in [0.2, 0.25) is 0 Å². The van der Waals surface area contributed by atoms with Crippen LogP contribution in [0.1, 0.15) is 25.5 Å². The van der Waals surface area contributed by atoms with Crippen molar-refractivity contribution in [3.05, 3.63) is 35.2 Å². The molecule has 0 radical (unpaired) electrons. The Hall–Kier alpha value is -0.900. The second kappa shape index (κ2) is 4.77. The zero-order valence-electron chi connectivity index (χ0n) is 10.8. The molecule has 1 heterocycles. The molecule has 0 aliphatic rings. The van der Waals surface area contributed by atoms with E-state index in [0.717, 1.165) is 0 Å². The maximum atomic E-state index is 5.61. The fourth-order valence-electron chi connectivity index (χ4n) is 2.24. The van der Waals surface area contributed by atoms with E-state index in [9.17, 15) is 0 Å². The van der Waals surface area contributed by atoms with Gasteiger partial charge in [0.1, 0.15) is 0 Å². The van der Waals surface area contributed by atoms with Crippen molar-refractivity contribution in [3.63, 3.8) is 0 Å². The van der Waals surface area contributed by atoms with Crippen molar-refractivity contribution in [2.45, 2.75) is 25.5 Å². The third-order valence-electron chi connectivity index (χ3n) is 3.33. The van der Waals surface area contributed by atoms with Crippen LogP contribution < -0.4 is 5.32 Å². The molecule has 2 nitrogen and oxygen atoms in total. The summed E-state index contributed by atoms with van der Waals surface area (Å²) in [7, 11) is 3.75. The molecule has 92 valence electrons. The van der Waals surface area contributed by atoms with Crippen LogP contribution in [0.3, 0.4) is 0 Å². The second-order valence-corrected chi connectivity index (χ2v) is 5.63. The molecule has 2 aromatic rings. The molecule has 1 N–H and O–H groups in total. The number of hydrogen-bond donors (Lipinski definition) is 1. The van der Waals surface area contributed by atoms with Gasteiger partial charge in [0.15, 0.2) is 0 Å². The summed E-state index contributed by atoms with van der Waals surface area (Å²) >= 11 is 1.79. The molecule has 0 saturated heterocycles. The highest BCUT2D eigenvalue weighted by molar-refractivity contribution is 7.17. The quantitative estimate of drug-likeness (QED) is 0.894. The molecule has 1 aromatic carbocycles. The van der Waals surface area contributed by atoms with E-state index < -0.39 is 0 Å². The van der Waals surface area contributed by atoms with E-state index in [2.05, 4.69) is 48.8 Å². The molecule has 0 aliphatic carbocycles. The first-order valence-corrected chi connectivity index (χ1v) is 6.66. The van der Waals surface area contributed by atoms with Crippen LogP contribution in [-0.4, -0.2) is 19.8 Å². The van der Waals surface area contributed by atoms with E-state index in [0.29, 0.717) is 0 Å². The van der Waals surface area contributed by atoms with Gasteiger partial charge >= 0.3 is 0 Å². The van der Waals surface area contributed by atoms with Crippen molar-refractivity contribution < 1.29 is 4.74 Å². The Kier molecular flexibility index (Phi) is 3.52. The highest BCUT2D eigenvalue weighted by Crippen LogP contribution is 2.35. The van der Waals surface area contributed by atoms with Gasteiger partial charge in [-0.05, 0) is 43.3 Å². The largest absolute Gasteiger partial charge is 0.377 e. The van der Waals surface area contributed by atoms with E-state index in [-0.39, 0.29) is 11.6 Å². The summed E-state index contributed by atoms with van der Waals surface area (Å²) in [5, 5.41) is 6.82. The Morgan fingerprint density at radius 3 is 2.71 bits per heavy atom. The van der Waals surface area contributed by atoms with E-state index in [1.807, 2.05) is 7.05 Å². The number of likely N-dealkylation sites (N-methyl/N-ethyl adjacent to an activating group) is 1. The van der Waals surface area contributed by atoms with Gasteiger partial charge in [-0.3, -0.25) is 0 Å².